The Hall–Kier alpha value is -2.53. The third-order valence-corrected chi connectivity index (χ3v) is 3.08. The number of amides is 1. The molecular weight excluding hydrogens is 294 g/mol. The van der Waals surface area contributed by atoms with Crippen LogP contribution < -0.4 is 10.5 Å². The molecule has 0 fully saturated rings. The molecule has 0 spiro atoms. The second-order valence-electron chi connectivity index (χ2n) is 4.26. The molecule has 0 aromatic heterocycles. The van der Waals surface area contributed by atoms with Crippen LogP contribution in [0.3, 0.4) is 0 Å². The third kappa shape index (κ3) is 3.52. The zero-order valence-electron chi connectivity index (χ0n) is 10.9. The Kier molecular flexibility index (Phi) is 4.45. The van der Waals surface area contributed by atoms with Crippen molar-refractivity contribution in [3.05, 3.63) is 64.2 Å². The molecule has 0 radical (unpaired) electrons. The highest BCUT2D eigenvalue weighted by Gasteiger charge is 2.13. The number of aromatic carboxylic acids is 1. The van der Waals surface area contributed by atoms with Crippen molar-refractivity contribution in [1.29, 1.82) is 0 Å². The Bertz CT molecular complexity index is 700. The Morgan fingerprint density at radius 1 is 1.14 bits per heavy atom. The highest BCUT2D eigenvalue weighted by molar-refractivity contribution is 6.30. The van der Waals surface area contributed by atoms with E-state index < -0.39 is 11.9 Å². The number of hydrogen-bond donors (Lipinski definition) is 2. The van der Waals surface area contributed by atoms with Gasteiger partial charge in [-0.05, 0) is 24.3 Å². The summed E-state index contributed by atoms with van der Waals surface area (Å²) < 4.78 is 5.48. The van der Waals surface area contributed by atoms with Gasteiger partial charge < -0.3 is 15.6 Å². The fourth-order valence-corrected chi connectivity index (χ4v) is 2.00. The van der Waals surface area contributed by atoms with Crippen molar-refractivity contribution in [2.45, 2.75) is 6.61 Å². The number of ether oxygens (including phenoxy) is 1. The Labute approximate surface area is 125 Å². The van der Waals surface area contributed by atoms with E-state index in [-0.39, 0.29) is 17.9 Å². The Morgan fingerprint density at radius 3 is 2.52 bits per heavy atom. The van der Waals surface area contributed by atoms with Gasteiger partial charge in [0, 0.05) is 16.1 Å². The van der Waals surface area contributed by atoms with E-state index in [4.69, 9.17) is 27.2 Å². The molecule has 1 amide bonds. The van der Waals surface area contributed by atoms with Crippen LogP contribution in [0.15, 0.2) is 42.5 Å². The van der Waals surface area contributed by atoms with Gasteiger partial charge in [0.2, 0.25) is 5.91 Å². The number of carboxylic acids is 1. The minimum atomic E-state index is -1.12. The minimum absolute atomic E-state index is 0.00374. The number of rotatable bonds is 5. The van der Waals surface area contributed by atoms with E-state index >= 15 is 0 Å². The average Bonchev–Trinajstić information content (AvgIpc) is 2.45. The van der Waals surface area contributed by atoms with Crippen LogP contribution in [0, 0.1) is 0 Å². The van der Waals surface area contributed by atoms with Crippen LogP contribution in [0.2, 0.25) is 5.02 Å². The van der Waals surface area contributed by atoms with Gasteiger partial charge in [0.25, 0.3) is 0 Å². The predicted molar refractivity (Wildman–Crippen MR) is 77.7 cm³/mol. The lowest BCUT2D eigenvalue weighted by molar-refractivity contribution is 0.0691. The zero-order valence-corrected chi connectivity index (χ0v) is 11.6. The van der Waals surface area contributed by atoms with Gasteiger partial charge in [0.1, 0.15) is 17.9 Å². The second kappa shape index (κ2) is 6.28. The summed E-state index contributed by atoms with van der Waals surface area (Å²) >= 11 is 5.84. The van der Waals surface area contributed by atoms with Gasteiger partial charge in [-0.2, -0.15) is 0 Å². The maximum Gasteiger partial charge on any atom is 0.339 e. The van der Waals surface area contributed by atoms with Gasteiger partial charge in [0.05, 0.1) is 0 Å². The monoisotopic (exact) mass is 305 g/mol. The van der Waals surface area contributed by atoms with Crippen molar-refractivity contribution in [3.63, 3.8) is 0 Å². The highest BCUT2D eigenvalue weighted by Crippen LogP contribution is 2.24. The summed E-state index contributed by atoms with van der Waals surface area (Å²) in [4.78, 5) is 22.4. The highest BCUT2D eigenvalue weighted by atomic mass is 35.5. The van der Waals surface area contributed by atoms with E-state index in [1.165, 1.54) is 18.2 Å². The van der Waals surface area contributed by atoms with Crippen LogP contribution in [0.5, 0.6) is 5.75 Å². The molecule has 0 aliphatic carbocycles. The third-order valence-electron chi connectivity index (χ3n) is 2.84. The van der Waals surface area contributed by atoms with Crippen LogP contribution in [-0.2, 0) is 6.61 Å². The summed E-state index contributed by atoms with van der Waals surface area (Å²) in [6, 6.07) is 10.9. The first-order valence-electron chi connectivity index (χ1n) is 6.02. The van der Waals surface area contributed by atoms with Crippen LogP contribution in [0.4, 0.5) is 0 Å². The van der Waals surface area contributed by atoms with Gasteiger partial charge in [-0.15, -0.1) is 0 Å². The molecule has 0 aliphatic heterocycles. The molecule has 6 heteroatoms. The maximum atomic E-state index is 11.3. The second-order valence-corrected chi connectivity index (χ2v) is 4.69. The fraction of sp³-hybridized carbons (Fsp3) is 0.0667. The van der Waals surface area contributed by atoms with E-state index in [1.807, 2.05) is 0 Å². The quantitative estimate of drug-likeness (QED) is 0.888. The Balaban J connectivity index is 2.27. The number of carbonyl (C=O) groups is 2. The lowest BCUT2D eigenvalue weighted by Gasteiger charge is -2.11. The molecule has 0 atom stereocenters. The van der Waals surface area contributed by atoms with E-state index in [0.717, 1.165) is 0 Å². The number of primary amides is 1. The van der Waals surface area contributed by atoms with Crippen LogP contribution in [0.1, 0.15) is 26.3 Å². The van der Waals surface area contributed by atoms with Crippen molar-refractivity contribution in [1.82, 2.24) is 0 Å². The van der Waals surface area contributed by atoms with Gasteiger partial charge in [-0.1, -0.05) is 29.8 Å². The smallest absolute Gasteiger partial charge is 0.339 e. The summed E-state index contributed by atoms with van der Waals surface area (Å²) in [7, 11) is 0. The van der Waals surface area contributed by atoms with Gasteiger partial charge in [-0.3, -0.25) is 4.79 Å². The number of hydrogen-bond acceptors (Lipinski definition) is 3. The molecule has 0 aliphatic rings. The van der Waals surface area contributed by atoms with E-state index in [9.17, 15) is 9.59 Å². The molecule has 2 rings (SSSR count). The molecule has 0 bridgehead atoms. The van der Waals surface area contributed by atoms with Crippen molar-refractivity contribution in [2.24, 2.45) is 5.73 Å². The molecule has 21 heavy (non-hydrogen) atoms. The van der Waals surface area contributed by atoms with Gasteiger partial charge in [-0.25, -0.2) is 4.79 Å². The van der Waals surface area contributed by atoms with E-state index in [2.05, 4.69) is 0 Å². The molecule has 0 saturated carbocycles. The molecule has 5 nitrogen and oxygen atoms in total. The first-order valence-corrected chi connectivity index (χ1v) is 6.40. The maximum absolute atomic E-state index is 11.3. The van der Waals surface area contributed by atoms with Crippen molar-refractivity contribution >= 4 is 23.5 Å². The van der Waals surface area contributed by atoms with Crippen LogP contribution in [0.25, 0.3) is 0 Å². The largest absolute Gasteiger partial charge is 0.488 e. The number of halogens is 1. The van der Waals surface area contributed by atoms with Gasteiger partial charge >= 0.3 is 5.97 Å². The molecular formula is C15H12ClNO4. The topological polar surface area (TPSA) is 89.6 Å². The molecule has 2 aromatic carbocycles. The van der Waals surface area contributed by atoms with Crippen LogP contribution in [-0.4, -0.2) is 17.0 Å². The summed E-state index contributed by atoms with van der Waals surface area (Å²) in [5, 5.41) is 9.46. The first-order chi connectivity index (χ1) is 9.99. The normalized spacial score (nSPS) is 10.1. The first kappa shape index (κ1) is 14.9. The van der Waals surface area contributed by atoms with Crippen molar-refractivity contribution in [3.8, 4) is 5.75 Å². The van der Waals surface area contributed by atoms with E-state index in [1.54, 1.807) is 24.3 Å². The summed E-state index contributed by atoms with van der Waals surface area (Å²) in [5.41, 5.74) is 6.17. The summed E-state index contributed by atoms with van der Waals surface area (Å²) in [6.45, 7) is 0.0136. The summed E-state index contributed by atoms with van der Waals surface area (Å²) in [5.74, 6) is -1.56. The minimum Gasteiger partial charge on any atom is -0.488 e. The SMILES string of the molecule is NC(=O)c1ccccc1COc1cc(Cl)ccc1C(=O)O. The van der Waals surface area contributed by atoms with Crippen molar-refractivity contribution in [2.75, 3.05) is 0 Å². The fourth-order valence-electron chi connectivity index (χ4n) is 1.83. The molecule has 0 unspecified atom stereocenters. The molecule has 3 N–H and O–H groups in total. The lowest BCUT2D eigenvalue weighted by Crippen LogP contribution is -2.15. The number of carbonyl (C=O) groups excluding carboxylic acids is 1. The predicted octanol–water partition coefficient (Wildman–Crippen LogP) is 2.72. The zero-order chi connectivity index (χ0) is 15.4. The number of nitrogens with two attached hydrogens (primary N) is 1. The molecule has 0 heterocycles. The molecule has 2 aromatic rings. The molecule has 0 saturated heterocycles. The standard InChI is InChI=1S/C15H12ClNO4/c16-10-5-6-12(15(19)20)13(7-10)21-8-9-3-1-2-4-11(9)14(17)18/h1-7H,8H2,(H2,17,18)(H,19,20). The van der Waals surface area contributed by atoms with Crippen molar-refractivity contribution < 1.29 is 19.4 Å². The lowest BCUT2D eigenvalue weighted by atomic mass is 10.1. The Morgan fingerprint density at radius 2 is 1.86 bits per heavy atom. The number of carboxylic acid groups (broad SMARTS) is 1. The summed E-state index contributed by atoms with van der Waals surface area (Å²) in [6.07, 6.45) is 0. The average molecular weight is 306 g/mol. The molecule has 108 valence electrons. The number of benzene rings is 2. The van der Waals surface area contributed by atoms with Gasteiger partial charge in [0.15, 0.2) is 0 Å². The van der Waals surface area contributed by atoms with E-state index in [0.29, 0.717) is 16.1 Å². The van der Waals surface area contributed by atoms with Crippen LogP contribution >= 0.6 is 11.6 Å².